The van der Waals surface area contributed by atoms with Crippen molar-refractivity contribution in [3.8, 4) is 0 Å². The van der Waals surface area contributed by atoms with Crippen molar-refractivity contribution in [3.05, 3.63) is 46.7 Å². The van der Waals surface area contributed by atoms with E-state index in [2.05, 4.69) is 9.88 Å². The quantitative estimate of drug-likeness (QED) is 0.937. The molecule has 1 aromatic heterocycles. The summed E-state index contributed by atoms with van der Waals surface area (Å²) in [6.07, 6.45) is 0. The Kier molecular flexibility index (Phi) is 3.58. The summed E-state index contributed by atoms with van der Waals surface area (Å²) >= 11 is 5.91. The molecule has 1 heterocycles. The largest absolute Gasteiger partial charge is 0.360 e. The van der Waals surface area contributed by atoms with Gasteiger partial charge in [-0.25, -0.2) is 8.42 Å². The van der Waals surface area contributed by atoms with E-state index in [4.69, 9.17) is 16.1 Å². The molecule has 0 atom stereocenters. The molecule has 0 fully saturated rings. The van der Waals surface area contributed by atoms with Gasteiger partial charge in [-0.1, -0.05) is 35.0 Å². The number of rotatable bonds is 4. The van der Waals surface area contributed by atoms with E-state index in [0.29, 0.717) is 16.3 Å². The molecule has 1 N–H and O–H groups in total. The normalized spacial score (nSPS) is 11.4. The maximum Gasteiger partial charge on any atom is 0.238 e. The smallest absolute Gasteiger partial charge is 0.238 e. The predicted octanol–water partition coefficient (Wildman–Crippen LogP) is 2.58. The van der Waals surface area contributed by atoms with Crippen LogP contribution in [-0.4, -0.2) is 13.6 Å². The van der Waals surface area contributed by atoms with Gasteiger partial charge < -0.3 is 4.52 Å². The molecular weight excluding hydrogens is 276 g/mol. The molecule has 0 unspecified atom stereocenters. The Morgan fingerprint density at radius 2 is 2.11 bits per heavy atom. The molecule has 2 aromatic rings. The van der Waals surface area contributed by atoms with Gasteiger partial charge in [-0.3, -0.25) is 4.72 Å². The maximum atomic E-state index is 11.9. The first-order valence-electron chi connectivity index (χ1n) is 5.13. The summed E-state index contributed by atoms with van der Waals surface area (Å²) in [5.41, 5.74) is 0.534. The van der Waals surface area contributed by atoms with Gasteiger partial charge in [0.25, 0.3) is 0 Å². The van der Waals surface area contributed by atoms with Crippen LogP contribution >= 0.6 is 11.6 Å². The third-order valence-electron chi connectivity index (χ3n) is 2.19. The van der Waals surface area contributed by atoms with Crippen LogP contribution in [0.5, 0.6) is 0 Å². The lowest BCUT2D eigenvalue weighted by Crippen LogP contribution is -2.15. The summed E-state index contributed by atoms with van der Waals surface area (Å²) in [7, 11) is -3.55. The van der Waals surface area contributed by atoms with Crippen molar-refractivity contribution in [2.75, 3.05) is 4.72 Å². The summed E-state index contributed by atoms with van der Waals surface area (Å²) in [6, 6.07) is 8.29. The van der Waals surface area contributed by atoms with Crippen molar-refractivity contribution >= 4 is 27.4 Å². The second-order valence-corrected chi connectivity index (χ2v) is 5.90. The van der Waals surface area contributed by atoms with E-state index >= 15 is 0 Å². The number of nitrogens with zero attached hydrogens (tertiary/aromatic N) is 1. The predicted molar refractivity (Wildman–Crippen MR) is 68.9 cm³/mol. The highest BCUT2D eigenvalue weighted by molar-refractivity contribution is 7.91. The fourth-order valence-corrected chi connectivity index (χ4v) is 2.86. The number of hydrogen-bond acceptors (Lipinski definition) is 4. The van der Waals surface area contributed by atoms with E-state index in [-0.39, 0.29) is 11.6 Å². The van der Waals surface area contributed by atoms with Crippen LogP contribution in [0.3, 0.4) is 0 Å². The number of halogens is 1. The van der Waals surface area contributed by atoms with Crippen molar-refractivity contribution in [1.29, 1.82) is 0 Å². The maximum absolute atomic E-state index is 11.9. The van der Waals surface area contributed by atoms with Crippen LogP contribution < -0.4 is 4.72 Å². The summed E-state index contributed by atoms with van der Waals surface area (Å²) in [5, 5.41) is 3.98. The van der Waals surface area contributed by atoms with Crippen molar-refractivity contribution in [1.82, 2.24) is 5.16 Å². The van der Waals surface area contributed by atoms with Gasteiger partial charge in [-0.2, -0.15) is 0 Å². The Morgan fingerprint density at radius 3 is 2.72 bits per heavy atom. The Morgan fingerprint density at radius 1 is 1.39 bits per heavy atom. The molecule has 96 valence electrons. The van der Waals surface area contributed by atoms with Crippen LogP contribution in [0, 0.1) is 6.92 Å². The highest BCUT2D eigenvalue weighted by Gasteiger charge is 2.15. The van der Waals surface area contributed by atoms with Gasteiger partial charge in [0.15, 0.2) is 5.82 Å². The van der Waals surface area contributed by atoms with E-state index in [0.717, 1.165) is 0 Å². The van der Waals surface area contributed by atoms with Crippen molar-refractivity contribution in [2.24, 2.45) is 0 Å². The minimum Gasteiger partial charge on any atom is -0.360 e. The number of nitrogens with one attached hydrogen (secondary N) is 1. The highest BCUT2D eigenvalue weighted by Crippen LogP contribution is 2.19. The molecule has 0 aliphatic carbocycles. The van der Waals surface area contributed by atoms with Crippen LogP contribution in [0.25, 0.3) is 0 Å². The molecule has 2 rings (SSSR count). The number of anilines is 1. The van der Waals surface area contributed by atoms with Crippen molar-refractivity contribution in [2.45, 2.75) is 12.7 Å². The van der Waals surface area contributed by atoms with Crippen LogP contribution in [0.15, 0.2) is 34.9 Å². The SMILES string of the molecule is Cc1cc(NS(=O)(=O)Cc2ccccc2Cl)no1. The van der Waals surface area contributed by atoms with Gasteiger partial charge in [0.1, 0.15) is 5.76 Å². The first-order valence-corrected chi connectivity index (χ1v) is 7.16. The second kappa shape index (κ2) is 4.99. The van der Waals surface area contributed by atoms with Crippen LogP contribution in [0.4, 0.5) is 5.82 Å². The Bertz CT molecular complexity index is 652. The molecule has 0 saturated heterocycles. The van der Waals surface area contributed by atoms with Crippen molar-refractivity contribution < 1.29 is 12.9 Å². The van der Waals surface area contributed by atoms with E-state index in [9.17, 15) is 8.42 Å². The van der Waals surface area contributed by atoms with E-state index in [1.807, 2.05) is 0 Å². The zero-order chi connectivity index (χ0) is 13.2. The minimum absolute atomic E-state index is 0.166. The minimum atomic E-state index is -3.55. The third-order valence-corrected chi connectivity index (χ3v) is 3.77. The molecule has 7 heteroatoms. The van der Waals surface area contributed by atoms with E-state index < -0.39 is 10.0 Å². The summed E-state index contributed by atoms with van der Waals surface area (Å²) in [5.74, 6) is 0.489. The molecule has 0 aliphatic rings. The number of hydrogen-bond donors (Lipinski definition) is 1. The first kappa shape index (κ1) is 12.9. The number of aromatic nitrogens is 1. The Hall–Kier alpha value is -1.53. The molecule has 0 radical (unpaired) electrons. The standard InChI is InChI=1S/C11H11ClN2O3S/c1-8-6-11(13-17-8)14-18(15,16)7-9-4-2-3-5-10(9)12/h2-6H,7H2,1H3,(H,13,14). The molecule has 0 saturated carbocycles. The van der Waals surface area contributed by atoms with Gasteiger partial charge in [0.05, 0.1) is 5.75 Å². The molecule has 18 heavy (non-hydrogen) atoms. The lowest BCUT2D eigenvalue weighted by Gasteiger charge is -2.06. The molecule has 0 bridgehead atoms. The lowest BCUT2D eigenvalue weighted by molar-refractivity contribution is 0.400. The van der Waals surface area contributed by atoms with Crippen molar-refractivity contribution in [3.63, 3.8) is 0 Å². The first-order chi connectivity index (χ1) is 8.46. The third kappa shape index (κ3) is 3.24. The zero-order valence-electron chi connectivity index (χ0n) is 9.55. The summed E-state index contributed by atoms with van der Waals surface area (Å²) < 4.78 is 30.9. The summed E-state index contributed by atoms with van der Waals surface area (Å²) in [6.45, 7) is 1.68. The monoisotopic (exact) mass is 286 g/mol. The molecule has 0 amide bonds. The van der Waals surface area contributed by atoms with Crippen LogP contribution in [-0.2, 0) is 15.8 Å². The second-order valence-electron chi connectivity index (χ2n) is 3.78. The summed E-state index contributed by atoms with van der Waals surface area (Å²) in [4.78, 5) is 0. The van der Waals surface area contributed by atoms with E-state index in [1.165, 1.54) is 6.07 Å². The molecule has 5 nitrogen and oxygen atoms in total. The Labute approximate surface area is 110 Å². The van der Waals surface area contributed by atoms with Gasteiger partial charge in [0.2, 0.25) is 10.0 Å². The average Bonchev–Trinajstić information content (AvgIpc) is 2.66. The van der Waals surface area contributed by atoms with Crippen LogP contribution in [0.2, 0.25) is 5.02 Å². The fraction of sp³-hybridized carbons (Fsp3) is 0.182. The van der Waals surface area contributed by atoms with Gasteiger partial charge in [-0.05, 0) is 18.6 Å². The Balaban J connectivity index is 2.15. The fourth-order valence-electron chi connectivity index (χ4n) is 1.43. The number of sulfonamides is 1. The van der Waals surface area contributed by atoms with Gasteiger partial charge in [0, 0.05) is 11.1 Å². The van der Waals surface area contributed by atoms with E-state index in [1.54, 1.807) is 31.2 Å². The van der Waals surface area contributed by atoms with Gasteiger partial charge >= 0.3 is 0 Å². The topological polar surface area (TPSA) is 72.2 Å². The number of benzene rings is 1. The van der Waals surface area contributed by atoms with Crippen LogP contribution in [0.1, 0.15) is 11.3 Å². The lowest BCUT2D eigenvalue weighted by atomic mass is 10.2. The molecule has 0 spiro atoms. The molecule has 0 aliphatic heterocycles. The average molecular weight is 287 g/mol. The molecular formula is C11H11ClN2O3S. The highest BCUT2D eigenvalue weighted by atomic mass is 35.5. The zero-order valence-corrected chi connectivity index (χ0v) is 11.1. The van der Waals surface area contributed by atoms with Gasteiger partial charge in [-0.15, -0.1) is 0 Å². The molecule has 1 aromatic carbocycles. The number of aryl methyl sites for hydroxylation is 1.